The fourth-order valence-corrected chi connectivity index (χ4v) is 4.12. The van der Waals surface area contributed by atoms with E-state index in [9.17, 15) is 18.8 Å². The number of aromatic nitrogens is 1. The van der Waals surface area contributed by atoms with Crippen molar-refractivity contribution < 1.29 is 23.9 Å². The molecule has 3 aromatic rings. The highest BCUT2D eigenvalue weighted by molar-refractivity contribution is 6.23. The first-order chi connectivity index (χ1) is 17.3. The van der Waals surface area contributed by atoms with Crippen molar-refractivity contribution in [1.82, 2.24) is 9.88 Å². The molecule has 37 heavy (non-hydrogen) atoms. The molecule has 0 radical (unpaired) electrons. The highest BCUT2D eigenvalue weighted by Crippen LogP contribution is 2.36. The second-order valence-electron chi connectivity index (χ2n) is 10.5. The lowest BCUT2D eigenvalue weighted by atomic mass is 9.91. The first kappa shape index (κ1) is 25.8. The third-order valence-electron chi connectivity index (χ3n) is 6.40. The molecule has 1 aliphatic rings. The molecular formula is C28H29FN4O4. The van der Waals surface area contributed by atoms with Gasteiger partial charge in [-0.2, -0.15) is 0 Å². The summed E-state index contributed by atoms with van der Waals surface area (Å²) in [5.41, 5.74) is 1.43. The first-order valence-corrected chi connectivity index (χ1v) is 11.8. The highest BCUT2D eigenvalue weighted by Gasteiger charge is 2.52. The summed E-state index contributed by atoms with van der Waals surface area (Å²) in [7, 11) is 0. The molecule has 1 saturated heterocycles. The van der Waals surface area contributed by atoms with Gasteiger partial charge in [-0.1, -0.05) is 26.8 Å². The molecule has 0 saturated carbocycles. The maximum atomic E-state index is 14.2. The molecule has 8 nitrogen and oxygen atoms in total. The second kappa shape index (κ2) is 9.31. The van der Waals surface area contributed by atoms with Gasteiger partial charge in [-0.25, -0.2) is 18.9 Å². The van der Waals surface area contributed by atoms with Gasteiger partial charge < -0.3 is 15.3 Å². The van der Waals surface area contributed by atoms with Crippen LogP contribution in [0.15, 0.2) is 60.8 Å². The van der Waals surface area contributed by atoms with Gasteiger partial charge in [-0.05, 0) is 67.9 Å². The van der Waals surface area contributed by atoms with Crippen molar-refractivity contribution in [2.24, 2.45) is 0 Å². The van der Waals surface area contributed by atoms with E-state index in [2.05, 4.69) is 10.3 Å². The van der Waals surface area contributed by atoms with Crippen LogP contribution in [-0.2, 0) is 16.8 Å². The zero-order chi connectivity index (χ0) is 27.1. The van der Waals surface area contributed by atoms with E-state index in [1.165, 1.54) is 29.2 Å². The topological polar surface area (TPSA) is 103 Å². The van der Waals surface area contributed by atoms with Crippen LogP contribution in [0.1, 0.15) is 56.2 Å². The molecule has 9 heteroatoms. The maximum Gasteiger partial charge on any atom is 0.335 e. The summed E-state index contributed by atoms with van der Waals surface area (Å²) in [6.45, 7) is 9.41. The van der Waals surface area contributed by atoms with E-state index in [0.717, 1.165) is 10.6 Å². The van der Waals surface area contributed by atoms with Gasteiger partial charge >= 0.3 is 12.0 Å². The van der Waals surface area contributed by atoms with Crippen LogP contribution in [0.25, 0.3) is 0 Å². The number of urea groups is 1. The Morgan fingerprint density at radius 1 is 1.05 bits per heavy atom. The van der Waals surface area contributed by atoms with Gasteiger partial charge in [-0.15, -0.1) is 0 Å². The number of carboxylic acid groups (broad SMARTS) is 1. The summed E-state index contributed by atoms with van der Waals surface area (Å²) in [6, 6.07) is 13.1. The van der Waals surface area contributed by atoms with Gasteiger partial charge in [0.05, 0.1) is 17.8 Å². The molecule has 0 unspecified atom stereocenters. The molecule has 1 fully saturated rings. The number of carboxylic acids is 1. The Bertz CT molecular complexity index is 1380. The number of aromatic carboxylic acids is 1. The van der Waals surface area contributed by atoms with Crippen LogP contribution in [0, 0.1) is 5.82 Å². The van der Waals surface area contributed by atoms with Crippen LogP contribution in [0.4, 0.5) is 26.2 Å². The van der Waals surface area contributed by atoms with Crippen LogP contribution in [-0.4, -0.2) is 38.4 Å². The van der Waals surface area contributed by atoms with Crippen molar-refractivity contribution >= 4 is 35.0 Å². The largest absolute Gasteiger partial charge is 0.478 e. The minimum absolute atomic E-state index is 0.0428. The zero-order valence-electron chi connectivity index (χ0n) is 21.4. The Kier molecular flexibility index (Phi) is 6.50. The molecule has 2 aromatic carbocycles. The Balaban J connectivity index is 1.65. The molecule has 3 amide bonds. The van der Waals surface area contributed by atoms with Gasteiger partial charge in [0.1, 0.15) is 11.4 Å². The molecule has 4 rings (SSSR count). The maximum absolute atomic E-state index is 14.2. The molecule has 0 spiro atoms. The summed E-state index contributed by atoms with van der Waals surface area (Å²) in [4.78, 5) is 45.2. The summed E-state index contributed by atoms with van der Waals surface area (Å²) < 4.78 is 14.2. The van der Waals surface area contributed by atoms with Crippen LogP contribution in [0.2, 0.25) is 0 Å². The standard InChI is InChI=1S/C28H29FN4O4/c1-27(2,3)23-15-21(12-13-30-23)33-25(36)28(4,5)32(26(33)37)16-18-6-9-19(29)14-22(18)31-20-10-7-17(8-11-20)24(34)35/h6-15,31H,16H2,1-5H3,(H,34,35). The SMILES string of the molecule is CC(C)(C)c1cc(N2C(=O)N(Cc3ccc(F)cc3Nc3ccc(C(=O)O)cc3)C(C)(C)C2=O)ccn1. The lowest BCUT2D eigenvalue weighted by Gasteiger charge is -2.28. The summed E-state index contributed by atoms with van der Waals surface area (Å²) in [5, 5.41) is 12.2. The van der Waals surface area contributed by atoms with Gasteiger partial charge in [-0.3, -0.25) is 9.78 Å². The number of pyridine rings is 1. The molecule has 2 N–H and O–H groups in total. The number of amides is 3. The minimum atomic E-state index is -1.16. The highest BCUT2D eigenvalue weighted by atomic mass is 19.1. The van der Waals surface area contributed by atoms with Gasteiger partial charge in [0.25, 0.3) is 5.91 Å². The summed E-state index contributed by atoms with van der Waals surface area (Å²) >= 11 is 0. The monoisotopic (exact) mass is 504 g/mol. The molecule has 0 aliphatic carbocycles. The number of rotatable bonds is 6. The van der Waals surface area contributed by atoms with Gasteiger partial charge in [0, 0.05) is 28.7 Å². The van der Waals surface area contributed by atoms with Crippen molar-refractivity contribution in [2.75, 3.05) is 10.2 Å². The molecular weight excluding hydrogens is 475 g/mol. The molecule has 192 valence electrons. The number of anilines is 3. The average molecular weight is 505 g/mol. The number of nitrogens with one attached hydrogen (secondary N) is 1. The summed E-state index contributed by atoms with van der Waals surface area (Å²) in [6.07, 6.45) is 1.59. The number of halogens is 1. The molecule has 2 heterocycles. The fraction of sp³-hybridized carbons (Fsp3) is 0.286. The number of carbonyl (C=O) groups excluding carboxylic acids is 2. The second-order valence-corrected chi connectivity index (χ2v) is 10.5. The lowest BCUT2D eigenvalue weighted by molar-refractivity contribution is -0.123. The van der Waals surface area contributed by atoms with E-state index >= 15 is 0 Å². The zero-order valence-corrected chi connectivity index (χ0v) is 21.4. The third kappa shape index (κ3) is 5.02. The molecule has 0 atom stereocenters. The third-order valence-corrected chi connectivity index (χ3v) is 6.40. The Hall–Kier alpha value is -4.27. The quantitative estimate of drug-likeness (QED) is 0.417. The van der Waals surface area contributed by atoms with Crippen LogP contribution >= 0.6 is 0 Å². The van der Waals surface area contributed by atoms with Crippen molar-refractivity contribution in [3.8, 4) is 0 Å². The number of benzene rings is 2. The minimum Gasteiger partial charge on any atom is -0.478 e. The van der Waals surface area contributed by atoms with Crippen LogP contribution < -0.4 is 10.2 Å². The Labute approximate surface area is 214 Å². The van der Waals surface area contributed by atoms with Crippen LogP contribution in [0.5, 0.6) is 0 Å². The van der Waals surface area contributed by atoms with E-state index in [-0.39, 0.29) is 23.4 Å². The van der Waals surface area contributed by atoms with Crippen molar-refractivity contribution in [3.63, 3.8) is 0 Å². The Morgan fingerprint density at radius 3 is 2.35 bits per heavy atom. The van der Waals surface area contributed by atoms with Crippen molar-refractivity contribution in [1.29, 1.82) is 0 Å². The number of hydrogen-bond donors (Lipinski definition) is 2. The fourth-order valence-electron chi connectivity index (χ4n) is 4.12. The average Bonchev–Trinajstić information content (AvgIpc) is 2.99. The van der Waals surface area contributed by atoms with E-state index in [0.29, 0.717) is 22.6 Å². The normalized spacial score (nSPS) is 15.3. The van der Waals surface area contributed by atoms with Crippen molar-refractivity contribution in [3.05, 3.63) is 83.4 Å². The van der Waals surface area contributed by atoms with Gasteiger partial charge in [0.15, 0.2) is 0 Å². The number of carbonyl (C=O) groups is 3. The molecule has 1 aromatic heterocycles. The van der Waals surface area contributed by atoms with Gasteiger partial charge in [0.2, 0.25) is 0 Å². The van der Waals surface area contributed by atoms with E-state index in [1.807, 2.05) is 20.8 Å². The first-order valence-electron chi connectivity index (χ1n) is 11.8. The predicted octanol–water partition coefficient (Wildman–Crippen LogP) is 5.71. The van der Waals surface area contributed by atoms with E-state index in [1.54, 1.807) is 50.4 Å². The van der Waals surface area contributed by atoms with E-state index in [4.69, 9.17) is 5.11 Å². The van der Waals surface area contributed by atoms with Crippen LogP contribution in [0.3, 0.4) is 0 Å². The van der Waals surface area contributed by atoms with Crippen molar-refractivity contribution in [2.45, 2.75) is 52.1 Å². The molecule has 0 bridgehead atoms. The number of nitrogens with zero attached hydrogens (tertiary/aromatic N) is 3. The number of imide groups is 1. The molecule has 1 aliphatic heterocycles. The smallest absolute Gasteiger partial charge is 0.335 e. The van der Waals surface area contributed by atoms with E-state index < -0.39 is 23.4 Å². The lowest BCUT2D eigenvalue weighted by Crippen LogP contribution is -2.43. The number of hydrogen-bond acceptors (Lipinski definition) is 5. The Morgan fingerprint density at radius 2 is 1.73 bits per heavy atom. The predicted molar refractivity (Wildman–Crippen MR) is 139 cm³/mol. The summed E-state index contributed by atoms with van der Waals surface area (Å²) in [5.74, 6) is -1.90.